The number of hydrogen-bond acceptors (Lipinski definition) is 10. The van der Waals surface area contributed by atoms with E-state index in [1.807, 2.05) is 6.07 Å². The molecule has 3 aliphatic heterocycles. The molecular weight excluding hydrogens is 462 g/mol. The number of carbonyl (C=O) groups is 1. The van der Waals surface area contributed by atoms with Gasteiger partial charge in [0.2, 0.25) is 11.5 Å². The molecule has 0 aliphatic carbocycles. The monoisotopic (exact) mass is 491 g/mol. The third-order valence-electron chi connectivity index (χ3n) is 6.81. The van der Waals surface area contributed by atoms with Crippen LogP contribution < -0.4 is 20.4 Å². The highest BCUT2D eigenvalue weighted by Crippen LogP contribution is 2.33. The van der Waals surface area contributed by atoms with E-state index in [1.54, 1.807) is 6.07 Å². The van der Waals surface area contributed by atoms with Crippen LogP contribution in [0.5, 0.6) is 5.88 Å². The number of hydrogen-bond donors (Lipinski definition) is 3. The van der Waals surface area contributed by atoms with Gasteiger partial charge in [-0.15, -0.1) is 0 Å². The number of oxazole rings is 1. The lowest BCUT2D eigenvalue weighted by Crippen LogP contribution is -2.32. The fourth-order valence-corrected chi connectivity index (χ4v) is 4.87. The number of carbonyl (C=O) groups excluding carboxylic acids is 1. The number of anilines is 3. The van der Waals surface area contributed by atoms with Crippen molar-refractivity contribution in [2.24, 2.45) is 0 Å². The van der Waals surface area contributed by atoms with Crippen molar-refractivity contribution in [3.63, 3.8) is 0 Å². The smallest absolute Gasteiger partial charge is 0.299 e. The Hall–Kier alpha value is -4.02. The lowest BCUT2D eigenvalue weighted by molar-refractivity contribution is -0.113. The Bertz CT molecular complexity index is 1280. The topological polar surface area (TPSA) is 129 Å². The first kappa shape index (κ1) is 22.4. The minimum Gasteiger partial charge on any atom is -0.493 e. The van der Waals surface area contributed by atoms with Crippen molar-refractivity contribution in [2.45, 2.75) is 44.8 Å². The second kappa shape index (κ2) is 9.56. The molecule has 0 aromatic carbocycles. The number of fused-ring (bicyclic) bond motifs is 1. The summed E-state index contributed by atoms with van der Waals surface area (Å²) in [6.45, 7) is 3.59. The van der Waals surface area contributed by atoms with Gasteiger partial charge in [-0.05, 0) is 44.6 Å². The molecule has 11 nitrogen and oxygen atoms in total. The van der Waals surface area contributed by atoms with Gasteiger partial charge in [0.05, 0.1) is 5.69 Å². The third-order valence-corrected chi connectivity index (χ3v) is 6.81. The summed E-state index contributed by atoms with van der Waals surface area (Å²) in [5, 5.41) is 15.5. The fourth-order valence-electron chi connectivity index (χ4n) is 4.87. The summed E-state index contributed by atoms with van der Waals surface area (Å²) >= 11 is 0. The van der Waals surface area contributed by atoms with E-state index in [9.17, 15) is 9.90 Å². The van der Waals surface area contributed by atoms with Crippen LogP contribution in [0.15, 0.2) is 40.8 Å². The number of rotatable bonds is 5. The number of ether oxygens (including phenoxy) is 1. The van der Waals surface area contributed by atoms with Crippen LogP contribution in [0, 0.1) is 0 Å². The molecular formula is C25H29N7O4. The summed E-state index contributed by atoms with van der Waals surface area (Å²) in [6, 6.07) is 5.57. The Labute approximate surface area is 208 Å². The molecule has 1 atom stereocenters. The predicted molar refractivity (Wildman–Crippen MR) is 134 cm³/mol. The van der Waals surface area contributed by atoms with Gasteiger partial charge >= 0.3 is 0 Å². The van der Waals surface area contributed by atoms with E-state index in [2.05, 4.69) is 30.4 Å². The van der Waals surface area contributed by atoms with Crippen molar-refractivity contribution < 1.29 is 19.1 Å². The number of aromatic hydroxyl groups is 1. The number of nitrogens with zero attached hydrogens (tertiary/aromatic N) is 5. The van der Waals surface area contributed by atoms with Crippen LogP contribution in [0.1, 0.15) is 50.3 Å². The highest BCUT2D eigenvalue weighted by molar-refractivity contribution is 6.05. The number of amides is 1. The normalized spacial score (nSPS) is 20.1. The molecule has 1 amide bonds. The van der Waals surface area contributed by atoms with Gasteiger partial charge in [0, 0.05) is 50.1 Å². The van der Waals surface area contributed by atoms with Gasteiger partial charge in [-0.2, -0.15) is 4.98 Å². The van der Waals surface area contributed by atoms with Crippen LogP contribution in [0.4, 0.5) is 17.5 Å². The van der Waals surface area contributed by atoms with Crippen LogP contribution in [-0.4, -0.2) is 52.1 Å². The molecule has 0 bridgehead atoms. The van der Waals surface area contributed by atoms with E-state index in [0.29, 0.717) is 34.3 Å². The van der Waals surface area contributed by atoms with Crippen LogP contribution in [0.2, 0.25) is 0 Å². The molecule has 6 heterocycles. The Morgan fingerprint density at radius 2 is 1.78 bits per heavy atom. The molecule has 3 aromatic rings. The summed E-state index contributed by atoms with van der Waals surface area (Å²) in [7, 11) is 0. The third kappa shape index (κ3) is 4.48. The summed E-state index contributed by atoms with van der Waals surface area (Å²) in [6.07, 6.45) is 9.13. The van der Waals surface area contributed by atoms with Gasteiger partial charge in [-0.1, -0.05) is 0 Å². The molecule has 3 aromatic heterocycles. The quantitative estimate of drug-likeness (QED) is 0.488. The van der Waals surface area contributed by atoms with Gasteiger partial charge in [-0.25, -0.2) is 9.97 Å². The standard InChI is InChI=1S/C25H29N7O4/c33-20-8-7-16(14-26-20)24-28-18(15-35-24)23(34)27-17-13-19-21(29-22(17)31-9-3-1-4-10-31)30-25(36-19)32-11-5-2-6-12-32/h7-8,13-15,24,28H,1-6,9-12H2,(H,26,33)(H,27,34). The first-order chi connectivity index (χ1) is 17.6. The minimum atomic E-state index is -0.567. The molecule has 0 spiro atoms. The first-order valence-corrected chi connectivity index (χ1v) is 12.5. The Morgan fingerprint density at radius 3 is 2.50 bits per heavy atom. The maximum atomic E-state index is 13.2. The van der Waals surface area contributed by atoms with Crippen molar-refractivity contribution in [1.29, 1.82) is 0 Å². The number of aromatic nitrogens is 3. The van der Waals surface area contributed by atoms with Gasteiger partial charge in [-0.3, -0.25) is 4.79 Å². The van der Waals surface area contributed by atoms with Crippen molar-refractivity contribution in [3.05, 3.63) is 41.9 Å². The predicted octanol–water partition coefficient (Wildman–Crippen LogP) is 3.40. The fraction of sp³-hybridized carbons (Fsp3) is 0.440. The summed E-state index contributed by atoms with van der Waals surface area (Å²) in [4.78, 5) is 30.9. The summed E-state index contributed by atoms with van der Waals surface area (Å²) in [5.74, 6) is 0.277. The molecule has 2 saturated heterocycles. The summed E-state index contributed by atoms with van der Waals surface area (Å²) in [5.41, 5.74) is 2.65. The molecule has 6 rings (SSSR count). The molecule has 1 unspecified atom stereocenters. The lowest BCUT2D eigenvalue weighted by Gasteiger charge is -2.29. The molecule has 0 radical (unpaired) electrons. The van der Waals surface area contributed by atoms with Crippen molar-refractivity contribution in [2.75, 3.05) is 41.3 Å². The molecule has 3 aliphatic rings. The number of pyridine rings is 2. The first-order valence-electron chi connectivity index (χ1n) is 12.5. The van der Waals surface area contributed by atoms with Gasteiger partial charge in [0.15, 0.2) is 17.6 Å². The molecule has 11 heteroatoms. The minimum absolute atomic E-state index is 0.0772. The Kier molecular flexibility index (Phi) is 5.96. The summed E-state index contributed by atoms with van der Waals surface area (Å²) < 4.78 is 11.7. The molecule has 3 N–H and O–H groups in total. The zero-order chi connectivity index (χ0) is 24.5. The Morgan fingerprint density at radius 1 is 1.03 bits per heavy atom. The van der Waals surface area contributed by atoms with Crippen molar-refractivity contribution >= 4 is 34.7 Å². The zero-order valence-electron chi connectivity index (χ0n) is 19.9. The lowest BCUT2D eigenvalue weighted by atomic mass is 10.1. The average Bonchev–Trinajstić information content (AvgIpc) is 3.57. The van der Waals surface area contributed by atoms with E-state index in [4.69, 9.17) is 14.1 Å². The van der Waals surface area contributed by atoms with Crippen molar-refractivity contribution in [1.82, 2.24) is 20.3 Å². The van der Waals surface area contributed by atoms with E-state index >= 15 is 0 Å². The molecule has 188 valence electrons. The largest absolute Gasteiger partial charge is 0.493 e. The second-order valence-electron chi connectivity index (χ2n) is 9.37. The highest BCUT2D eigenvalue weighted by atomic mass is 16.5. The van der Waals surface area contributed by atoms with Crippen LogP contribution in [-0.2, 0) is 9.53 Å². The van der Waals surface area contributed by atoms with Crippen LogP contribution in [0.3, 0.4) is 0 Å². The van der Waals surface area contributed by atoms with E-state index in [1.165, 1.54) is 31.4 Å². The SMILES string of the molecule is O=C(Nc1cc2oc(N3CCCCC3)nc2nc1N1CCCCC1)C1=COC(c2ccc(O)nc2)N1. The van der Waals surface area contributed by atoms with E-state index < -0.39 is 6.23 Å². The number of piperidine rings is 2. The van der Waals surface area contributed by atoms with Gasteiger partial charge in [0.25, 0.3) is 11.9 Å². The molecule has 36 heavy (non-hydrogen) atoms. The second-order valence-corrected chi connectivity index (χ2v) is 9.37. The highest BCUT2D eigenvalue weighted by Gasteiger charge is 2.27. The zero-order valence-corrected chi connectivity index (χ0v) is 19.9. The van der Waals surface area contributed by atoms with E-state index in [0.717, 1.165) is 51.9 Å². The van der Waals surface area contributed by atoms with Crippen LogP contribution >= 0.6 is 0 Å². The molecule has 0 saturated carbocycles. The van der Waals surface area contributed by atoms with Gasteiger partial charge in [0.1, 0.15) is 12.0 Å². The maximum Gasteiger partial charge on any atom is 0.299 e. The maximum absolute atomic E-state index is 13.2. The van der Waals surface area contributed by atoms with Crippen LogP contribution in [0.25, 0.3) is 11.2 Å². The van der Waals surface area contributed by atoms with Gasteiger partial charge < -0.3 is 34.7 Å². The number of nitrogens with one attached hydrogen (secondary N) is 2. The van der Waals surface area contributed by atoms with Crippen molar-refractivity contribution in [3.8, 4) is 5.88 Å². The molecule has 2 fully saturated rings. The average molecular weight is 492 g/mol. The Balaban J connectivity index is 1.25. The van der Waals surface area contributed by atoms with E-state index in [-0.39, 0.29) is 17.5 Å².